The molecule has 1 saturated heterocycles. The third kappa shape index (κ3) is 4.56. The van der Waals surface area contributed by atoms with Crippen LogP contribution >= 0.6 is 11.6 Å². The Hall–Kier alpha value is -3.72. The molecular formula is C21H18ClN3O6. The number of nitro groups is 1. The molecule has 0 aliphatic carbocycles. The fourth-order valence-electron chi connectivity index (χ4n) is 3.38. The number of rotatable bonds is 6. The number of likely N-dealkylation sites (tertiary alicyclic amines) is 1. The number of hydrogen-bond donors (Lipinski definition) is 2. The van der Waals surface area contributed by atoms with Crippen molar-refractivity contribution in [2.45, 2.75) is 13.0 Å². The molecule has 9 nitrogen and oxygen atoms in total. The zero-order valence-electron chi connectivity index (χ0n) is 16.4. The second-order valence-corrected chi connectivity index (χ2v) is 7.27. The van der Waals surface area contributed by atoms with E-state index >= 15 is 0 Å². The fourth-order valence-corrected chi connectivity index (χ4v) is 3.51. The largest absolute Gasteiger partial charge is 0.507 e. The van der Waals surface area contributed by atoms with Gasteiger partial charge in [-0.2, -0.15) is 0 Å². The van der Waals surface area contributed by atoms with E-state index in [2.05, 4.69) is 5.32 Å². The number of carbonyl (C=O) groups excluding carboxylic acids is 3. The molecule has 0 bridgehead atoms. The van der Waals surface area contributed by atoms with Gasteiger partial charge in [-0.25, -0.2) is 0 Å². The topological polar surface area (TPSA) is 130 Å². The minimum Gasteiger partial charge on any atom is -0.507 e. The van der Waals surface area contributed by atoms with Gasteiger partial charge in [0.25, 0.3) is 17.4 Å². The van der Waals surface area contributed by atoms with Gasteiger partial charge in [-0.15, -0.1) is 0 Å². The normalized spacial score (nSPS) is 17.6. The van der Waals surface area contributed by atoms with E-state index in [1.807, 2.05) is 0 Å². The van der Waals surface area contributed by atoms with Crippen LogP contribution in [0.3, 0.4) is 0 Å². The fraction of sp³-hybridized carbons (Fsp3) is 0.190. The highest BCUT2D eigenvalue weighted by atomic mass is 35.5. The maximum absolute atomic E-state index is 12.8. The predicted octanol–water partition coefficient (Wildman–Crippen LogP) is 2.81. The summed E-state index contributed by atoms with van der Waals surface area (Å²) in [5.74, 6) is -2.54. The van der Waals surface area contributed by atoms with Gasteiger partial charge in [0.05, 0.1) is 16.5 Å². The number of benzene rings is 2. The summed E-state index contributed by atoms with van der Waals surface area (Å²) < 4.78 is 0. The number of amides is 2. The number of ketones is 1. The first-order valence-corrected chi connectivity index (χ1v) is 9.61. The van der Waals surface area contributed by atoms with Gasteiger partial charge in [0.2, 0.25) is 5.91 Å². The highest BCUT2D eigenvalue weighted by Crippen LogP contribution is 2.40. The van der Waals surface area contributed by atoms with Crippen LogP contribution in [-0.2, 0) is 14.4 Å². The molecule has 10 heteroatoms. The third-order valence-corrected chi connectivity index (χ3v) is 5.03. The standard InChI is InChI=1S/C21H18ClN3O6/c1-12(26)23-9-10-24-18(14-3-2-4-16(11-14)25(30)31)17(20(28)21(24)29)19(27)13-5-7-15(22)8-6-13/h2-8,11,18,27H,9-10H2,1H3,(H,23,26)/b19-17+/t18-/m1/s1. The van der Waals surface area contributed by atoms with Crippen LogP contribution in [-0.4, -0.2) is 45.6 Å². The highest BCUT2D eigenvalue weighted by Gasteiger charge is 2.46. The first kappa shape index (κ1) is 22.0. The Morgan fingerprint density at radius 3 is 2.52 bits per heavy atom. The number of aliphatic hydroxyl groups is 1. The number of aliphatic hydroxyl groups excluding tert-OH is 1. The minimum atomic E-state index is -1.07. The van der Waals surface area contributed by atoms with Crippen LogP contribution in [0.5, 0.6) is 0 Å². The number of non-ortho nitro benzene ring substituents is 1. The lowest BCUT2D eigenvalue weighted by Gasteiger charge is -2.25. The summed E-state index contributed by atoms with van der Waals surface area (Å²) in [5.41, 5.74) is 0.124. The average Bonchev–Trinajstić information content (AvgIpc) is 2.98. The van der Waals surface area contributed by atoms with Crippen LogP contribution in [0.2, 0.25) is 5.02 Å². The van der Waals surface area contributed by atoms with Crippen molar-refractivity contribution >= 4 is 40.6 Å². The monoisotopic (exact) mass is 443 g/mol. The SMILES string of the molecule is CC(=O)NCCN1C(=O)C(=O)/C(=C(/O)c2ccc(Cl)cc2)[C@H]1c1cccc([N+](=O)[O-])c1. The van der Waals surface area contributed by atoms with E-state index < -0.39 is 28.4 Å². The van der Waals surface area contributed by atoms with E-state index in [0.29, 0.717) is 5.02 Å². The number of nitrogens with one attached hydrogen (secondary N) is 1. The second kappa shape index (κ2) is 8.97. The number of carbonyl (C=O) groups is 3. The molecule has 2 aromatic carbocycles. The Labute approximate surface area is 182 Å². The molecule has 0 aromatic heterocycles. The molecule has 2 aromatic rings. The van der Waals surface area contributed by atoms with E-state index in [4.69, 9.17) is 11.6 Å². The molecule has 1 fully saturated rings. The summed E-state index contributed by atoms with van der Waals surface area (Å²) in [7, 11) is 0. The van der Waals surface area contributed by atoms with Crippen molar-refractivity contribution in [1.29, 1.82) is 0 Å². The Morgan fingerprint density at radius 2 is 1.90 bits per heavy atom. The minimum absolute atomic E-state index is 0.0328. The Kier molecular flexibility index (Phi) is 6.36. The Balaban J connectivity index is 2.14. The average molecular weight is 444 g/mol. The summed E-state index contributed by atoms with van der Waals surface area (Å²) in [4.78, 5) is 48.6. The van der Waals surface area contributed by atoms with Gasteiger partial charge in [0.1, 0.15) is 5.76 Å². The molecule has 1 heterocycles. The van der Waals surface area contributed by atoms with Crippen molar-refractivity contribution in [3.8, 4) is 0 Å². The summed E-state index contributed by atoms with van der Waals surface area (Å²) in [6.07, 6.45) is 0. The molecule has 2 N–H and O–H groups in total. The smallest absolute Gasteiger partial charge is 0.295 e. The number of nitro benzene ring substituents is 1. The summed E-state index contributed by atoms with van der Waals surface area (Å²) in [6.45, 7) is 1.34. The molecule has 31 heavy (non-hydrogen) atoms. The van der Waals surface area contributed by atoms with Gasteiger partial charge in [0, 0.05) is 42.7 Å². The number of halogens is 1. The third-order valence-electron chi connectivity index (χ3n) is 4.78. The predicted molar refractivity (Wildman–Crippen MR) is 112 cm³/mol. The van der Waals surface area contributed by atoms with Gasteiger partial charge < -0.3 is 15.3 Å². The van der Waals surface area contributed by atoms with Crippen molar-refractivity contribution in [1.82, 2.24) is 10.2 Å². The zero-order chi connectivity index (χ0) is 22.7. The van der Waals surface area contributed by atoms with Crippen molar-refractivity contribution in [3.63, 3.8) is 0 Å². The Morgan fingerprint density at radius 1 is 1.23 bits per heavy atom. The quantitative estimate of drug-likeness (QED) is 0.232. The number of nitrogens with zero attached hydrogens (tertiary/aromatic N) is 2. The number of hydrogen-bond acceptors (Lipinski definition) is 6. The molecular weight excluding hydrogens is 426 g/mol. The molecule has 160 valence electrons. The van der Waals surface area contributed by atoms with Crippen LogP contribution in [0, 0.1) is 10.1 Å². The molecule has 1 aliphatic heterocycles. The van der Waals surface area contributed by atoms with Crippen LogP contribution in [0.15, 0.2) is 54.1 Å². The van der Waals surface area contributed by atoms with E-state index in [1.54, 1.807) is 0 Å². The lowest BCUT2D eigenvalue weighted by Crippen LogP contribution is -2.37. The van der Waals surface area contributed by atoms with Gasteiger partial charge in [-0.05, 0) is 29.8 Å². The van der Waals surface area contributed by atoms with Crippen molar-refractivity contribution in [2.75, 3.05) is 13.1 Å². The molecule has 0 spiro atoms. The van der Waals surface area contributed by atoms with E-state index in [9.17, 15) is 29.6 Å². The molecule has 2 amide bonds. The maximum atomic E-state index is 12.8. The lowest BCUT2D eigenvalue weighted by molar-refractivity contribution is -0.384. The van der Waals surface area contributed by atoms with Crippen LogP contribution < -0.4 is 5.32 Å². The van der Waals surface area contributed by atoms with Crippen molar-refractivity contribution in [3.05, 3.63) is 80.4 Å². The Bertz CT molecular complexity index is 1100. The maximum Gasteiger partial charge on any atom is 0.295 e. The first-order valence-electron chi connectivity index (χ1n) is 9.24. The lowest BCUT2D eigenvalue weighted by atomic mass is 9.95. The van der Waals surface area contributed by atoms with Gasteiger partial charge >= 0.3 is 0 Å². The number of Topliss-reactive ketones (excluding diaryl/α,β-unsaturated/α-hetero) is 1. The molecule has 3 rings (SSSR count). The summed E-state index contributed by atoms with van der Waals surface area (Å²) in [6, 6.07) is 10.5. The van der Waals surface area contributed by atoms with Gasteiger partial charge in [-0.1, -0.05) is 23.7 Å². The van der Waals surface area contributed by atoms with Crippen LogP contribution in [0.4, 0.5) is 5.69 Å². The van der Waals surface area contributed by atoms with E-state index in [-0.39, 0.29) is 41.4 Å². The zero-order valence-corrected chi connectivity index (χ0v) is 17.1. The van der Waals surface area contributed by atoms with E-state index in [0.717, 1.165) is 0 Å². The van der Waals surface area contributed by atoms with E-state index in [1.165, 1.54) is 60.4 Å². The molecule has 1 aliphatic rings. The van der Waals surface area contributed by atoms with Crippen LogP contribution in [0.1, 0.15) is 24.1 Å². The van der Waals surface area contributed by atoms with Crippen LogP contribution in [0.25, 0.3) is 5.76 Å². The summed E-state index contributed by atoms with van der Waals surface area (Å²) >= 11 is 5.88. The highest BCUT2D eigenvalue weighted by molar-refractivity contribution is 6.46. The van der Waals surface area contributed by atoms with Gasteiger partial charge in [-0.3, -0.25) is 24.5 Å². The molecule has 1 atom stereocenters. The van der Waals surface area contributed by atoms with Gasteiger partial charge in [0.15, 0.2) is 0 Å². The van der Waals surface area contributed by atoms with Crippen molar-refractivity contribution in [2.24, 2.45) is 0 Å². The van der Waals surface area contributed by atoms with Crippen molar-refractivity contribution < 1.29 is 24.4 Å². The first-order chi connectivity index (χ1) is 14.7. The molecule has 0 saturated carbocycles. The molecule has 0 radical (unpaired) electrons. The second-order valence-electron chi connectivity index (χ2n) is 6.83. The molecule has 0 unspecified atom stereocenters. The summed E-state index contributed by atoms with van der Waals surface area (Å²) in [5, 5.41) is 25.1.